The number of H-pyrrole nitrogens is 1. The fraction of sp³-hybridized carbons (Fsp3) is 0. The van der Waals surface area contributed by atoms with Crippen LogP contribution in [0.3, 0.4) is 0 Å². The summed E-state index contributed by atoms with van der Waals surface area (Å²) in [7, 11) is -3.94. The lowest BCUT2D eigenvalue weighted by Gasteiger charge is -2.02. The molecule has 2 rings (SSSR count). The van der Waals surface area contributed by atoms with Gasteiger partial charge in [0.15, 0.2) is 18.2 Å². The normalized spacial score (nSPS) is 12.1. The van der Waals surface area contributed by atoms with Gasteiger partial charge in [0.05, 0.1) is 0 Å². The number of amidine groups is 1. The van der Waals surface area contributed by atoms with Crippen molar-refractivity contribution in [2.24, 2.45) is 10.9 Å². The number of hydrogen-bond acceptors (Lipinski definition) is 4. The first-order chi connectivity index (χ1) is 9.09. The first-order valence-corrected chi connectivity index (χ1v) is 6.79. The fourth-order valence-electron chi connectivity index (χ4n) is 1.33. The van der Waals surface area contributed by atoms with Crippen LogP contribution < -0.4 is 10.7 Å². The number of hydrogen-bond donors (Lipinski definition) is 1. The molecule has 0 unspecified atom stereocenters. The van der Waals surface area contributed by atoms with E-state index in [2.05, 4.69) is 14.4 Å². The van der Waals surface area contributed by atoms with Crippen LogP contribution in [0.5, 0.6) is 0 Å². The fourth-order valence-corrected chi connectivity index (χ4v) is 2.08. The highest BCUT2D eigenvalue weighted by Crippen LogP contribution is 2.11. The zero-order valence-corrected chi connectivity index (χ0v) is 10.7. The van der Waals surface area contributed by atoms with Crippen LogP contribution in [-0.4, -0.2) is 14.3 Å². The second kappa shape index (κ2) is 5.49. The predicted octanol–water partition coefficient (Wildman–Crippen LogP) is 0.526. The molecule has 0 atom stereocenters. The van der Waals surface area contributed by atoms with Crippen molar-refractivity contribution in [3.8, 4) is 0 Å². The maximum absolute atomic E-state index is 11.8. The Labute approximate surface area is 110 Å². The average Bonchev–Trinajstić information content (AvgIpc) is 2.47. The number of aromatic amines is 1. The Morgan fingerprint density at radius 2 is 1.74 bits per heavy atom. The number of nitrogens with zero attached hydrogens (tertiary/aromatic N) is 1. The lowest BCUT2D eigenvalue weighted by atomic mass is 10.2. The number of aromatic nitrogens is 1. The van der Waals surface area contributed by atoms with Crippen molar-refractivity contribution in [2.45, 2.75) is 4.90 Å². The number of nitrogens with two attached hydrogens (primary N) is 1. The van der Waals surface area contributed by atoms with E-state index in [1.807, 2.05) is 0 Å². The van der Waals surface area contributed by atoms with Crippen LogP contribution in [-0.2, 0) is 14.4 Å². The number of oxime groups is 1. The molecule has 0 saturated carbocycles. The second-order valence-electron chi connectivity index (χ2n) is 3.61. The van der Waals surface area contributed by atoms with E-state index < -0.39 is 10.1 Å². The van der Waals surface area contributed by atoms with E-state index in [9.17, 15) is 8.42 Å². The zero-order chi connectivity index (χ0) is 13.7. The summed E-state index contributed by atoms with van der Waals surface area (Å²) < 4.78 is 28.1. The van der Waals surface area contributed by atoms with Crippen molar-refractivity contribution < 1.29 is 17.7 Å². The zero-order valence-electron chi connectivity index (χ0n) is 9.85. The van der Waals surface area contributed by atoms with Crippen LogP contribution in [0, 0.1) is 0 Å². The largest absolute Gasteiger partial charge is 0.380 e. The summed E-state index contributed by atoms with van der Waals surface area (Å²) in [6, 6.07) is 11.0. The molecule has 0 bridgehead atoms. The Morgan fingerprint density at radius 3 is 2.37 bits per heavy atom. The highest BCUT2D eigenvalue weighted by Gasteiger charge is 2.15. The summed E-state index contributed by atoms with van der Waals surface area (Å²) in [5.74, 6) is -0.0199. The van der Waals surface area contributed by atoms with Gasteiger partial charge in [0.25, 0.3) is 0 Å². The lowest BCUT2D eigenvalue weighted by molar-refractivity contribution is -0.378. The Balaban J connectivity index is 2.19. The van der Waals surface area contributed by atoms with Gasteiger partial charge in [-0.15, -0.1) is 0 Å². The third-order valence-electron chi connectivity index (χ3n) is 2.28. The van der Waals surface area contributed by atoms with Crippen molar-refractivity contribution >= 4 is 16.0 Å². The van der Waals surface area contributed by atoms with Crippen LogP contribution in [0.15, 0.2) is 64.9 Å². The summed E-state index contributed by atoms with van der Waals surface area (Å²) in [6.45, 7) is 0. The molecule has 19 heavy (non-hydrogen) atoms. The monoisotopic (exact) mass is 278 g/mol. The maximum Gasteiger partial charge on any atom is 0.358 e. The molecule has 0 aliphatic rings. The van der Waals surface area contributed by atoms with E-state index in [1.165, 1.54) is 12.1 Å². The molecule has 0 amide bonds. The van der Waals surface area contributed by atoms with Crippen LogP contribution >= 0.6 is 0 Å². The molecule has 7 heteroatoms. The van der Waals surface area contributed by atoms with Crippen LogP contribution in [0.25, 0.3) is 0 Å². The molecule has 2 aromatic rings. The molecule has 0 radical (unpaired) electrons. The van der Waals surface area contributed by atoms with E-state index in [0.29, 0.717) is 5.56 Å². The minimum Gasteiger partial charge on any atom is -0.380 e. The third-order valence-corrected chi connectivity index (χ3v) is 3.40. The number of benzene rings is 1. The summed E-state index contributed by atoms with van der Waals surface area (Å²) in [4.78, 5) is 2.84. The lowest BCUT2D eigenvalue weighted by Crippen LogP contribution is -2.16. The Bertz CT molecular complexity index is 670. The number of nitrogens with one attached hydrogen (secondary N) is 1. The Hall–Kier alpha value is -2.41. The highest BCUT2D eigenvalue weighted by atomic mass is 32.2. The van der Waals surface area contributed by atoms with Gasteiger partial charge >= 0.3 is 10.1 Å². The van der Waals surface area contributed by atoms with Crippen LogP contribution in [0.2, 0.25) is 0 Å². The summed E-state index contributed by atoms with van der Waals surface area (Å²) in [5, 5.41) is 3.44. The van der Waals surface area contributed by atoms with Crippen molar-refractivity contribution in [1.82, 2.24) is 0 Å². The SMILES string of the molecule is NC(=NOS(=O)(=O)c1ccccc1)c1cc[nH+]cc1. The highest BCUT2D eigenvalue weighted by molar-refractivity contribution is 7.86. The number of pyridine rings is 1. The van der Waals surface area contributed by atoms with E-state index in [0.717, 1.165) is 0 Å². The van der Waals surface area contributed by atoms with Crippen LogP contribution in [0.1, 0.15) is 5.56 Å². The van der Waals surface area contributed by atoms with Gasteiger partial charge in [0.1, 0.15) is 4.90 Å². The molecule has 0 spiro atoms. The molecule has 98 valence electrons. The van der Waals surface area contributed by atoms with Gasteiger partial charge in [0, 0.05) is 17.7 Å². The quantitative estimate of drug-likeness (QED) is 0.501. The molecular weight excluding hydrogens is 266 g/mol. The van der Waals surface area contributed by atoms with E-state index in [-0.39, 0.29) is 10.7 Å². The van der Waals surface area contributed by atoms with Gasteiger partial charge in [0.2, 0.25) is 0 Å². The summed E-state index contributed by atoms with van der Waals surface area (Å²) in [5.41, 5.74) is 6.18. The van der Waals surface area contributed by atoms with Gasteiger partial charge < -0.3 is 5.73 Å². The maximum atomic E-state index is 11.8. The summed E-state index contributed by atoms with van der Waals surface area (Å²) in [6.07, 6.45) is 3.28. The molecule has 1 aromatic carbocycles. The molecule has 0 saturated heterocycles. The topological polar surface area (TPSA) is 95.9 Å². The molecule has 1 heterocycles. The smallest absolute Gasteiger partial charge is 0.358 e. The van der Waals surface area contributed by atoms with Gasteiger partial charge in [-0.2, -0.15) is 8.42 Å². The van der Waals surface area contributed by atoms with E-state index >= 15 is 0 Å². The standard InChI is InChI=1S/C12H11N3O3S/c13-12(10-6-8-14-9-7-10)15-18-19(16,17)11-4-2-1-3-5-11/h1-9H,(H2,13,15)/p+1. The van der Waals surface area contributed by atoms with Crippen molar-refractivity contribution in [3.63, 3.8) is 0 Å². The molecule has 1 aromatic heterocycles. The van der Waals surface area contributed by atoms with Gasteiger partial charge in [-0.25, -0.2) is 4.98 Å². The van der Waals surface area contributed by atoms with E-state index in [4.69, 9.17) is 5.73 Å². The van der Waals surface area contributed by atoms with Gasteiger partial charge in [-0.3, -0.25) is 4.28 Å². The first kappa shape index (κ1) is 13.0. The summed E-state index contributed by atoms with van der Waals surface area (Å²) >= 11 is 0. The number of rotatable bonds is 4. The van der Waals surface area contributed by atoms with Crippen molar-refractivity contribution in [1.29, 1.82) is 0 Å². The Kier molecular flexibility index (Phi) is 3.76. The van der Waals surface area contributed by atoms with Crippen LogP contribution in [0.4, 0.5) is 0 Å². The average molecular weight is 278 g/mol. The third kappa shape index (κ3) is 3.29. The second-order valence-corrected chi connectivity index (χ2v) is 5.14. The van der Waals surface area contributed by atoms with Gasteiger partial charge in [-0.05, 0) is 17.3 Å². The first-order valence-electron chi connectivity index (χ1n) is 5.38. The molecule has 6 nitrogen and oxygen atoms in total. The molecular formula is C12H12N3O3S+. The van der Waals surface area contributed by atoms with E-state index in [1.54, 1.807) is 42.7 Å². The molecule has 3 N–H and O–H groups in total. The van der Waals surface area contributed by atoms with Crippen molar-refractivity contribution in [2.75, 3.05) is 0 Å². The molecule has 0 aliphatic carbocycles. The molecule has 0 fully saturated rings. The minimum atomic E-state index is -3.94. The minimum absolute atomic E-state index is 0.0199. The molecule has 0 aliphatic heterocycles. The van der Waals surface area contributed by atoms with Crippen molar-refractivity contribution in [3.05, 3.63) is 60.4 Å². The predicted molar refractivity (Wildman–Crippen MR) is 68.4 cm³/mol. The van der Waals surface area contributed by atoms with Gasteiger partial charge in [-0.1, -0.05) is 18.2 Å². The Morgan fingerprint density at radius 1 is 1.11 bits per heavy atom.